The van der Waals surface area contributed by atoms with Crippen molar-refractivity contribution in [3.8, 4) is 0 Å². The molecule has 0 aromatic heterocycles. The second-order valence-electron chi connectivity index (χ2n) is 8.22. The van der Waals surface area contributed by atoms with E-state index >= 15 is 0 Å². The normalized spacial score (nSPS) is 28.0. The minimum atomic E-state index is 0.872. The van der Waals surface area contributed by atoms with Crippen LogP contribution in [0.1, 0.15) is 96.8 Å². The molecule has 2 aliphatic carbocycles. The van der Waals surface area contributed by atoms with Crippen molar-refractivity contribution in [3.63, 3.8) is 0 Å². The van der Waals surface area contributed by atoms with Crippen LogP contribution in [0.2, 0.25) is 0 Å². The molecule has 2 saturated carbocycles. The summed E-state index contributed by atoms with van der Waals surface area (Å²) in [7, 11) is 0. The van der Waals surface area contributed by atoms with E-state index in [1.807, 2.05) is 6.08 Å². The molecular formula is C23H40. The Kier molecular flexibility index (Phi) is 9.09. The summed E-state index contributed by atoms with van der Waals surface area (Å²) in [5.74, 6) is 4.01. The van der Waals surface area contributed by atoms with Crippen LogP contribution in [0.3, 0.4) is 0 Å². The third-order valence-corrected chi connectivity index (χ3v) is 6.62. The molecule has 132 valence electrons. The highest BCUT2D eigenvalue weighted by Gasteiger charge is 2.24. The van der Waals surface area contributed by atoms with Crippen LogP contribution in [-0.4, -0.2) is 0 Å². The van der Waals surface area contributed by atoms with Gasteiger partial charge in [0.2, 0.25) is 0 Å². The molecule has 0 aromatic carbocycles. The SMILES string of the molecule is C=CCC/C=C/C1CCC(CCC(CC)C2CCCCC2)CC1. The fourth-order valence-electron chi connectivity index (χ4n) is 5.00. The molecule has 0 heteroatoms. The number of allylic oxidation sites excluding steroid dienone is 3. The van der Waals surface area contributed by atoms with Crippen molar-refractivity contribution in [2.24, 2.45) is 23.7 Å². The molecular weight excluding hydrogens is 276 g/mol. The van der Waals surface area contributed by atoms with Gasteiger partial charge in [0.1, 0.15) is 0 Å². The Hall–Kier alpha value is -0.520. The molecule has 0 N–H and O–H groups in total. The van der Waals surface area contributed by atoms with Crippen LogP contribution in [0.15, 0.2) is 24.8 Å². The summed E-state index contributed by atoms with van der Waals surface area (Å²) in [6.45, 7) is 6.23. The van der Waals surface area contributed by atoms with Crippen molar-refractivity contribution < 1.29 is 0 Å². The standard InChI is InChI=1S/C23H40/c1-3-5-6-8-11-20-14-16-21(17-15-20)18-19-22(4-2)23-12-9-7-10-13-23/h3,8,11,20-23H,1,4-7,9-10,12-19H2,2H3/b11-8+. The van der Waals surface area contributed by atoms with E-state index in [0.29, 0.717) is 0 Å². The van der Waals surface area contributed by atoms with E-state index in [9.17, 15) is 0 Å². The Bertz CT molecular complexity index is 326. The van der Waals surface area contributed by atoms with E-state index in [0.717, 1.165) is 30.1 Å². The summed E-state index contributed by atoms with van der Waals surface area (Å²) in [4.78, 5) is 0. The average Bonchev–Trinajstić information content (AvgIpc) is 2.61. The predicted molar refractivity (Wildman–Crippen MR) is 104 cm³/mol. The van der Waals surface area contributed by atoms with E-state index < -0.39 is 0 Å². The molecule has 0 saturated heterocycles. The van der Waals surface area contributed by atoms with Gasteiger partial charge in [-0.1, -0.05) is 70.1 Å². The zero-order chi connectivity index (χ0) is 16.3. The highest BCUT2D eigenvalue weighted by atomic mass is 14.3. The van der Waals surface area contributed by atoms with Crippen molar-refractivity contribution in [3.05, 3.63) is 24.8 Å². The quantitative estimate of drug-likeness (QED) is 0.302. The summed E-state index contributed by atoms with van der Waals surface area (Å²) >= 11 is 0. The summed E-state index contributed by atoms with van der Waals surface area (Å²) in [5.41, 5.74) is 0. The van der Waals surface area contributed by atoms with Crippen LogP contribution in [0.25, 0.3) is 0 Å². The molecule has 2 aliphatic rings. The van der Waals surface area contributed by atoms with Crippen molar-refractivity contribution in [1.82, 2.24) is 0 Å². The zero-order valence-corrected chi connectivity index (χ0v) is 15.6. The van der Waals surface area contributed by atoms with Gasteiger partial charge in [0.15, 0.2) is 0 Å². The summed E-state index contributed by atoms with van der Waals surface area (Å²) in [6, 6.07) is 0. The fraction of sp³-hybridized carbons (Fsp3) is 0.826. The minimum Gasteiger partial charge on any atom is -0.103 e. The maximum Gasteiger partial charge on any atom is -0.0233 e. The largest absolute Gasteiger partial charge is 0.103 e. The van der Waals surface area contributed by atoms with E-state index in [1.54, 1.807) is 0 Å². The Morgan fingerprint density at radius 3 is 2.35 bits per heavy atom. The maximum atomic E-state index is 3.80. The van der Waals surface area contributed by atoms with Crippen LogP contribution >= 0.6 is 0 Å². The van der Waals surface area contributed by atoms with Gasteiger partial charge >= 0.3 is 0 Å². The predicted octanol–water partition coefficient (Wildman–Crippen LogP) is 7.70. The van der Waals surface area contributed by atoms with E-state index in [4.69, 9.17) is 0 Å². The van der Waals surface area contributed by atoms with Crippen molar-refractivity contribution in [2.45, 2.75) is 96.8 Å². The van der Waals surface area contributed by atoms with Crippen LogP contribution in [0.5, 0.6) is 0 Å². The smallest absolute Gasteiger partial charge is 0.0233 e. The van der Waals surface area contributed by atoms with Crippen LogP contribution in [0, 0.1) is 23.7 Å². The minimum absolute atomic E-state index is 0.872. The molecule has 2 rings (SSSR count). The Labute approximate surface area is 145 Å². The number of hydrogen-bond donors (Lipinski definition) is 0. The lowest BCUT2D eigenvalue weighted by Gasteiger charge is -2.32. The average molecular weight is 317 g/mol. The Morgan fingerprint density at radius 1 is 0.957 bits per heavy atom. The van der Waals surface area contributed by atoms with E-state index in [-0.39, 0.29) is 0 Å². The van der Waals surface area contributed by atoms with Crippen LogP contribution < -0.4 is 0 Å². The van der Waals surface area contributed by atoms with Crippen LogP contribution in [-0.2, 0) is 0 Å². The first kappa shape index (κ1) is 18.8. The summed E-state index contributed by atoms with van der Waals surface area (Å²) in [5, 5.41) is 0. The van der Waals surface area contributed by atoms with Gasteiger partial charge in [-0.25, -0.2) is 0 Å². The Morgan fingerprint density at radius 2 is 1.70 bits per heavy atom. The van der Waals surface area contributed by atoms with Gasteiger partial charge in [-0.3, -0.25) is 0 Å². The topological polar surface area (TPSA) is 0 Å². The molecule has 0 aliphatic heterocycles. The van der Waals surface area contributed by atoms with Gasteiger partial charge < -0.3 is 0 Å². The number of hydrogen-bond acceptors (Lipinski definition) is 0. The maximum absolute atomic E-state index is 3.80. The van der Waals surface area contributed by atoms with Gasteiger partial charge in [0, 0.05) is 0 Å². The van der Waals surface area contributed by atoms with Gasteiger partial charge in [-0.2, -0.15) is 0 Å². The van der Waals surface area contributed by atoms with Crippen LogP contribution in [0.4, 0.5) is 0 Å². The fourth-order valence-corrected chi connectivity index (χ4v) is 5.00. The number of rotatable bonds is 9. The number of unbranched alkanes of at least 4 members (excludes halogenated alkanes) is 1. The van der Waals surface area contributed by atoms with Crippen molar-refractivity contribution in [2.75, 3.05) is 0 Å². The van der Waals surface area contributed by atoms with Crippen molar-refractivity contribution in [1.29, 1.82) is 0 Å². The van der Waals surface area contributed by atoms with Gasteiger partial charge in [0.05, 0.1) is 0 Å². The first-order valence-electron chi connectivity index (χ1n) is 10.6. The molecule has 1 unspecified atom stereocenters. The monoisotopic (exact) mass is 316 g/mol. The molecule has 23 heavy (non-hydrogen) atoms. The first-order valence-corrected chi connectivity index (χ1v) is 10.6. The lowest BCUT2D eigenvalue weighted by atomic mass is 9.74. The molecule has 0 heterocycles. The molecule has 0 amide bonds. The van der Waals surface area contributed by atoms with Gasteiger partial charge in [-0.05, 0) is 68.6 Å². The molecule has 0 nitrogen and oxygen atoms in total. The zero-order valence-electron chi connectivity index (χ0n) is 15.6. The molecule has 0 spiro atoms. The summed E-state index contributed by atoms with van der Waals surface area (Å²) in [6.07, 6.45) is 27.1. The molecule has 0 aromatic rings. The third kappa shape index (κ3) is 6.86. The van der Waals surface area contributed by atoms with Crippen molar-refractivity contribution >= 4 is 0 Å². The Balaban J connectivity index is 1.63. The highest BCUT2D eigenvalue weighted by molar-refractivity contribution is 4.92. The lowest BCUT2D eigenvalue weighted by molar-refractivity contribution is 0.202. The second-order valence-corrected chi connectivity index (χ2v) is 8.22. The highest BCUT2D eigenvalue weighted by Crippen LogP contribution is 2.38. The second kappa shape index (κ2) is 11.1. The van der Waals surface area contributed by atoms with E-state index in [2.05, 4.69) is 25.7 Å². The molecule has 0 radical (unpaired) electrons. The molecule has 1 atom stereocenters. The molecule has 0 bridgehead atoms. The van der Waals surface area contributed by atoms with E-state index in [1.165, 1.54) is 83.5 Å². The third-order valence-electron chi connectivity index (χ3n) is 6.62. The van der Waals surface area contributed by atoms with Gasteiger partial charge in [-0.15, -0.1) is 6.58 Å². The molecule has 2 fully saturated rings. The first-order chi connectivity index (χ1) is 11.3. The lowest BCUT2D eigenvalue weighted by Crippen LogP contribution is -2.20. The van der Waals surface area contributed by atoms with Gasteiger partial charge in [0.25, 0.3) is 0 Å². The summed E-state index contributed by atoms with van der Waals surface area (Å²) < 4.78 is 0.